The molecule has 0 N–H and O–H groups in total. The third-order valence-corrected chi connectivity index (χ3v) is 4.99. The number of aromatic nitrogens is 2. The normalized spacial score (nSPS) is 11.1. The van der Waals surface area contributed by atoms with E-state index in [4.69, 9.17) is 16.3 Å². The number of nitrogens with zero attached hydrogens (tertiary/aromatic N) is 2. The summed E-state index contributed by atoms with van der Waals surface area (Å²) in [6.07, 6.45) is 2.82. The van der Waals surface area contributed by atoms with Crippen molar-refractivity contribution < 1.29 is 18.7 Å². The minimum atomic E-state index is -0.697. The topological polar surface area (TPSA) is 61.2 Å². The van der Waals surface area contributed by atoms with E-state index in [-0.39, 0.29) is 5.56 Å². The summed E-state index contributed by atoms with van der Waals surface area (Å²) in [5.41, 5.74) is 3.21. The lowest BCUT2D eigenvalue weighted by Crippen LogP contribution is -2.13. The molecule has 0 saturated carbocycles. The molecule has 0 unspecified atom stereocenters. The van der Waals surface area contributed by atoms with Crippen molar-refractivity contribution in [1.29, 1.82) is 0 Å². The van der Waals surface area contributed by atoms with E-state index in [1.165, 1.54) is 24.3 Å². The highest BCUT2D eigenvalue weighted by Gasteiger charge is 2.14. The van der Waals surface area contributed by atoms with E-state index in [0.717, 1.165) is 22.5 Å². The van der Waals surface area contributed by atoms with E-state index >= 15 is 0 Å². The van der Waals surface area contributed by atoms with Crippen LogP contribution >= 0.6 is 11.6 Å². The Balaban J connectivity index is 1.65. The van der Waals surface area contributed by atoms with Gasteiger partial charge in [-0.2, -0.15) is 5.10 Å². The molecule has 0 aliphatic rings. The number of Topliss-reactive ketones (excluding diaryl/α,β-unsaturated/α-hetero) is 1. The van der Waals surface area contributed by atoms with Gasteiger partial charge in [-0.25, -0.2) is 9.18 Å². The molecule has 1 aromatic heterocycles. The van der Waals surface area contributed by atoms with Crippen LogP contribution in [0.1, 0.15) is 32.9 Å². The molecule has 0 radical (unpaired) electrons. The van der Waals surface area contributed by atoms with Gasteiger partial charge in [0.1, 0.15) is 5.82 Å². The van der Waals surface area contributed by atoms with Crippen molar-refractivity contribution in [1.82, 2.24) is 9.78 Å². The second-order valence-corrected chi connectivity index (χ2v) is 7.08. The Kier molecular flexibility index (Phi) is 6.79. The lowest BCUT2D eigenvalue weighted by atomic mass is 10.1. The second kappa shape index (κ2) is 9.50. The predicted octanol–water partition coefficient (Wildman–Crippen LogP) is 4.78. The number of carbonyl (C=O) groups is 2. The van der Waals surface area contributed by atoms with Gasteiger partial charge in [-0.1, -0.05) is 41.9 Å². The molecule has 0 saturated heterocycles. The Morgan fingerprint density at radius 3 is 2.57 bits per heavy atom. The fourth-order valence-corrected chi connectivity index (χ4v) is 3.19. The smallest absolute Gasteiger partial charge is 0.331 e. The van der Waals surface area contributed by atoms with Crippen molar-refractivity contribution >= 4 is 29.4 Å². The van der Waals surface area contributed by atoms with Gasteiger partial charge in [0, 0.05) is 22.4 Å². The van der Waals surface area contributed by atoms with Gasteiger partial charge in [0.2, 0.25) is 5.78 Å². The van der Waals surface area contributed by atoms with Crippen molar-refractivity contribution in [2.24, 2.45) is 0 Å². The van der Waals surface area contributed by atoms with Crippen LogP contribution in [0.5, 0.6) is 0 Å². The standard InChI is InChI=1S/C23H20ClFN2O3/c1-15-18(16(2)27(26-15)13-17-7-3-5-9-20(17)24)11-12-23(29)30-14-22(28)19-8-4-6-10-21(19)25/h3-12H,13-14H2,1-2H3/b12-11+. The molecule has 0 aliphatic carbocycles. The van der Waals surface area contributed by atoms with E-state index in [2.05, 4.69) is 5.10 Å². The van der Waals surface area contributed by atoms with Gasteiger partial charge in [-0.15, -0.1) is 0 Å². The first-order valence-electron chi connectivity index (χ1n) is 9.26. The number of esters is 1. The number of ketones is 1. The van der Waals surface area contributed by atoms with Crippen LogP contribution in [0.4, 0.5) is 4.39 Å². The minimum Gasteiger partial charge on any atom is -0.454 e. The summed E-state index contributed by atoms with van der Waals surface area (Å²) in [4.78, 5) is 24.0. The number of carbonyl (C=O) groups excluding carboxylic acids is 2. The van der Waals surface area contributed by atoms with E-state index < -0.39 is 24.2 Å². The predicted molar refractivity (Wildman–Crippen MR) is 113 cm³/mol. The Morgan fingerprint density at radius 2 is 1.83 bits per heavy atom. The summed E-state index contributed by atoms with van der Waals surface area (Å²) in [6.45, 7) is 3.70. The largest absolute Gasteiger partial charge is 0.454 e. The molecule has 0 amide bonds. The van der Waals surface area contributed by atoms with Crippen LogP contribution in [0.2, 0.25) is 5.02 Å². The number of hydrogen-bond donors (Lipinski definition) is 0. The minimum absolute atomic E-state index is 0.109. The molecule has 5 nitrogen and oxygen atoms in total. The van der Waals surface area contributed by atoms with Gasteiger partial charge in [0.25, 0.3) is 0 Å². The van der Waals surface area contributed by atoms with E-state index in [1.54, 1.807) is 12.1 Å². The molecule has 0 aliphatic heterocycles. The summed E-state index contributed by atoms with van der Waals surface area (Å²) in [6, 6.07) is 13.1. The number of halogens is 2. The zero-order valence-electron chi connectivity index (χ0n) is 16.6. The molecule has 0 bridgehead atoms. The summed E-state index contributed by atoms with van der Waals surface area (Å²) in [5, 5.41) is 5.16. The van der Waals surface area contributed by atoms with Crippen LogP contribution < -0.4 is 0 Å². The van der Waals surface area contributed by atoms with Gasteiger partial charge in [0.15, 0.2) is 6.61 Å². The molecule has 0 atom stereocenters. The first-order valence-corrected chi connectivity index (χ1v) is 9.64. The molecular formula is C23H20ClFN2O3. The van der Waals surface area contributed by atoms with Crippen LogP contribution in [-0.2, 0) is 16.1 Å². The Hall–Kier alpha value is -3.25. The van der Waals surface area contributed by atoms with Crippen molar-refractivity contribution in [3.63, 3.8) is 0 Å². The summed E-state index contributed by atoms with van der Waals surface area (Å²) >= 11 is 6.22. The van der Waals surface area contributed by atoms with Gasteiger partial charge in [-0.3, -0.25) is 9.48 Å². The van der Waals surface area contributed by atoms with Crippen LogP contribution in [0, 0.1) is 19.7 Å². The fraction of sp³-hybridized carbons (Fsp3) is 0.174. The molecule has 0 spiro atoms. The van der Waals surface area contributed by atoms with E-state index in [0.29, 0.717) is 11.6 Å². The fourth-order valence-electron chi connectivity index (χ4n) is 3.00. The van der Waals surface area contributed by atoms with E-state index in [1.807, 2.05) is 42.8 Å². The number of aryl methyl sites for hydroxylation is 1. The van der Waals surface area contributed by atoms with Gasteiger partial charge < -0.3 is 4.74 Å². The van der Waals surface area contributed by atoms with Gasteiger partial charge in [-0.05, 0) is 43.7 Å². The van der Waals surface area contributed by atoms with Gasteiger partial charge in [0.05, 0.1) is 17.8 Å². The molecular weight excluding hydrogens is 407 g/mol. The lowest BCUT2D eigenvalue weighted by molar-refractivity contribution is -0.136. The van der Waals surface area contributed by atoms with Crippen molar-refractivity contribution in [3.05, 3.63) is 93.5 Å². The number of hydrogen-bond acceptors (Lipinski definition) is 4. The van der Waals surface area contributed by atoms with Crippen molar-refractivity contribution in [2.75, 3.05) is 6.61 Å². The maximum atomic E-state index is 13.6. The average molecular weight is 427 g/mol. The SMILES string of the molecule is Cc1nn(Cc2ccccc2Cl)c(C)c1/C=C/C(=O)OCC(=O)c1ccccc1F. The Bertz CT molecular complexity index is 1120. The number of rotatable bonds is 7. The molecule has 3 aromatic rings. The highest BCUT2D eigenvalue weighted by atomic mass is 35.5. The van der Waals surface area contributed by atoms with Gasteiger partial charge >= 0.3 is 5.97 Å². The number of ether oxygens (including phenoxy) is 1. The summed E-state index contributed by atoms with van der Waals surface area (Å²) in [5.74, 6) is -1.95. The van der Waals surface area contributed by atoms with Crippen LogP contribution in [0.3, 0.4) is 0 Å². The second-order valence-electron chi connectivity index (χ2n) is 6.68. The van der Waals surface area contributed by atoms with Crippen molar-refractivity contribution in [3.8, 4) is 0 Å². The molecule has 30 heavy (non-hydrogen) atoms. The summed E-state index contributed by atoms with van der Waals surface area (Å²) < 4.78 is 20.4. The summed E-state index contributed by atoms with van der Waals surface area (Å²) in [7, 11) is 0. The molecule has 7 heteroatoms. The third kappa shape index (κ3) is 5.02. The molecule has 154 valence electrons. The molecule has 2 aromatic carbocycles. The lowest BCUT2D eigenvalue weighted by Gasteiger charge is -2.06. The van der Waals surface area contributed by atoms with E-state index in [9.17, 15) is 14.0 Å². The maximum absolute atomic E-state index is 13.6. The van der Waals surface area contributed by atoms with Crippen molar-refractivity contribution in [2.45, 2.75) is 20.4 Å². The Morgan fingerprint density at radius 1 is 1.13 bits per heavy atom. The number of benzene rings is 2. The molecule has 0 fully saturated rings. The van der Waals surface area contributed by atoms with Crippen LogP contribution in [0.15, 0.2) is 54.6 Å². The first-order chi connectivity index (χ1) is 14.4. The molecule has 1 heterocycles. The quantitative estimate of drug-likeness (QED) is 0.310. The zero-order valence-corrected chi connectivity index (χ0v) is 17.3. The van der Waals surface area contributed by atoms with Crippen LogP contribution in [-0.4, -0.2) is 28.1 Å². The van der Waals surface area contributed by atoms with Crippen LogP contribution in [0.25, 0.3) is 6.08 Å². The first kappa shape index (κ1) is 21.5. The monoisotopic (exact) mass is 426 g/mol. The highest BCUT2D eigenvalue weighted by molar-refractivity contribution is 6.31. The molecule has 3 rings (SSSR count). The third-order valence-electron chi connectivity index (χ3n) is 4.62. The average Bonchev–Trinajstić information content (AvgIpc) is 2.99. The maximum Gasteiger partial charge on any atom is 0.331 e. The Labute approximate surface area is 178 Å². The zero-order chi connectivity index (χ0) is 21.7. The highest BCUT2D eigenvalue weighted by Crippen LogP contribution is 2.20.